The summed E-state index contributed by atoms with van der Waals surface area (Å²) in [6.45, 7) is 2.08. The first-order valence-electron chi connectivity index (χ1n) is 8.49. The van der Waals surface area contributed by atoms with Gasteiger partial charge in [0.1, 0.15) is 0 Å². The van der Waals surface area contributed by atoms with Crippen LogP contribution in [0.1, 0.15) is 21.6 Å². The summed E-state index contributed by atoms with van der Waals surface area (Å²) in [5, 5.41) is 1.19. The number of thiophene rings is 1. The van der Waals surface area contributed by atoms with Crippen LogP contribution in [-0.4, -0.2) is 6.21 Å². The maximum atomic E-state index is 4.65. The zero-order valence-electron chi connectivity index (χ0n) is 14.4. The van der Waals surface area contributed by atoms with Gasteiger partial charge < -0.3 is 0 Å². The highest BCUT2D eigenvalue weighted by Gasteiger charge is 2.08. The fourth-order valence-corrected chi connectivity index (χ4v) is 3.74. The van der Waals surface area contributed by atoms with Crippen molar-refractivity contribution >= 4 is 33.3 Å². The van der Waals surface area contributed by atoms with E-state index in [-0.39, 0.29) is 0 Å². The minimum Gasteiger partial charge on any atom is -0.255 e. The SMILES string of the molecule is Cc1ccc(N=Cc2sc3ccccc3c2C#Cc2ccccc2)cc1. The van der Waals surface area contributed by atoms with Crippen molar-refractivity contribution in [3.8, 4) is 11.8 Å². The van der Waals surface area contributed by atoms with Crippen LogP contribution in [0, 0.1) is 18.8 Å². The summed E-state index contributed by atoms with van der Waals surface area (Å²) in [7, 11) is 0. The monoisotopic (exact) mass is 351 g/mol. The topological polar surface area (TPSA) is 12.4 Å². The standard InChI is InChI=1S/C24H17NS/c1-18-11-14-20(15-12-18)25-17-24-22(16-13-19-7-3-2-4-8-19)21-9-5-6-10-23(21)26-24/h2-12,14-15,17H,1H3. The highest BCUT2D eigenvalue weighted by atomic mass is 32.1. The van der Waals surface area contributed by atoms with Crippen molar-refractivity contribution in [2.45, 2.75) is 6.92 Å². The van der Waals surface area contributed by atoms with Gasteiger partial charge in [-0.2, -0.15) is 0 Å². The van der Waals surface area contributed by atoms with Crippen molar-refractivity contribution in [1.29, 1.82) is 0 Å². The first-order chi connectivity index (χ1) is 12.8. The van der Waals surface area contributed by atoms with Crippen molar-refractivity contribution < 1.29 is 0 Å². The molecule has 0 amide bonds. The third-order valence-corrected chi connectivity index (χ3v) is 5.20. The molecule has 1 heterocycles. The maximum absolute atomic E-state index is 4.65. The van der Waals surface area contributed by atoms with E-state index in [0.717, 1.165) is 21.7 Å². The van der Waals surface area contributed by atoms with Crippen LogP contribution in [0.2, 0.25) is 0 Å². The van der Waals surface area contributed by atoms with Gasteiger partial charge in [0.25, 0.3) is 0 Å². The van der Waals surface area contributed by atoms with Crippen LogP contribution >= 0.6 is 11.3 Å². The fraction of sp³-hybridized carbons (Fsp3) is 0.0417. The molecular weight excluding hydrogens is 334 g/mol. The molecule has 1 nitrogen and oxygen atoms in total. The lowest BCUT2D eigenvalue weighted by Gasteiger charge is -1.95. The lowest BCUT2D eigenvalue weighted by molar-refractivity contribution is 1.44. The van der Waals surface area contributed by atoms with E-state index < -0.39 is 0 Å². The summed E-state index contributed by atoms with van der Waals surface area (Å²) in [5.41, 5.74) is 4.25. The quantitative estimate of drug-likeness (QED) is 0.294. The Hall–Kier alpha value is -3.15. The Labute approximate surface area is 157 Å². The van der Waals surface area contributed by atoms with E-state index in [1.807, 2.05) is 48.7 Å². The van der Waals surface area contributed by atoms with E-state index in [0.29, 0.717) is 0 Å². The molecule has 2 heteroatoms. The van der Waals surface area contributed by atoms with Gasteiger partial charge in [0.15, 0.2) is 0 Å². The van der Waals surface area contributed by atoms with E-state index >= 15 is 0 Å². The predicted octanol–water partition coefficient (Wildman–Crippen LogP) is 6.36. The first kappa shape index (κ1) is 16.3. The van der Waals surface area contributed by atoms with Crippen LogP contribution in [0.15, 0.2) is 83.9 Å². The number of rotatable bonds is 2. The molecule has 0 saturated carbocycles. The highest BCUT2D eigenvalue weighted by Crippen LogP contribution is 2.30. The second-order valence-electron chi connectivity index (χ2n) is 6.05. The summed E-state index contributed by atoms with van der Waals surface area (Å²) < 4.78 is 1.23. The van der Waals surface area contributed by atoms with Gasteiger partial charge in [0, 0.05) is 21.9 Å². The van der Waals surface area contributed by atoms with Crippen molar-refractivity contribution in [1.82, 2.24) is 0 Å². The summed E-state index contributed by atoms with van der Waals surface area (Å²) in [6.07, 6.45) is 1.93. The molecule has 0 unspecified atom stereocenters. The third kappa shape index (κ3) is 3.59. The molecule has 0 bridgehead atoms. The smallest absolute Gasteiger partial charge is 0.0630 e. The minimum atomic E-state index is 0.954. The largest absolute Gasteiger partial charge is 0.255 e. The lowest BCUT2D eigenvalue weighted by atomic mass is 10.1. The molecule has 0 aliphatic carbocycles. The van der Waals surface area contributed by atoms with E-state index in [2.05, 4.69) is 60.2 Å². The number of aliphatic imine (C=N–C) groups is 1. The first-order valence-corrected chi connectivity index (χ1v) is 9.30. The van der Waals surface area contributed by atoms with Crippen molar-refractivity contribution in [3.63, 3.8) is 0 Å². The number of nitrogens with zero attached hydrogens (tertiary/aromatic N) is 1. The molecule has 0 aliphatic rings. The van der Waals surface area contributed by atoms with Gasteiger partial charge >= 0.3 is 0 Å². The molecule has 0 radical (unpaired) electrons. The molecular formula is C24H17NS. The average molecular weight is 351 g/mol. The Bertz CT molecular complexity index is 1120. The van der Waals surface area contributed by atoms with Crippen LogP contribution in [0.4, 0.5) is 5.69 Å². The van der Waals surface area contributed by atoms with Crippen LogP contribution in [0.3, 0.4) is 0 Å². The van der Waals surface area contributed by atoms with Gasteiger partial charge in [0.05, 0.1) is 16.1 Å². The molecule has 0 aliphatic heterocycles. The van der Waals surface area contributed by atoms with Gasteiger partial charge in [0.2, 0.25) is 0 Å². The van der Waals surface area contributed by atoms with Gasteiger partial charge in [-0.1, -0.05) is 65.9 Å². The Morgan fingerprint density at radius 2 is 1.54 bits per heavy atom. The minimum absolute atomic E-state index is 0.954. The van der Waals surface area contributed by atoms with E-state index in [9.17, 15) is 0 Å². The van der Waals surface area contributed by atoms with E-state index in [1.54, 1.807) is 11.3 Å². The van der Waals surface area contributed by atoms with Crippen LogP contribution < -0.4 is 0 Å². The maximum Gasteiger partial charge on any atom is 0.0630 e. The molecule has 26 heavy (non-hydrogen) atoms. The number of hydrogen-bond acceptors (Lipinski definition) is 2. The fourth-order valence-electron chi connectivity index (χ4n) is 2.70. The molecule has 0 N–H and O–H groups in total. The van der Waals surface area contributed by atoms with E-state index in [4.69, 9.17) is 0 Å². The van der Waals surface area contributed by atoms with E-state index in [1.165, 1.54) is 15.6 Å². The predicted molar refractivity (Wildman–Crippen MR) is 113 cm³/mol. The van der Waals surface area contributed by atoms with Crippen LogP contribution in [0.25, 0.3) is 10.1 Å². The molecule has 1 aromatic heterocycles. The van der Waals surface area contributed by atoms with Crippen LogP contribution in [-0.2, 0) is 0 Å². The van der Waals surface area contributed by atoms with Crippen molar-refractivity contribution in [2.24, 2.45) is 4.99 Å². The van der Waals surface area contributed by atoms with Gasteiger partial charge in [-0.15, -0.1) is 11.3 Å². The Morgan fingerprint density at radius 1 is 0.808 bits per heavy atom. The number of benzene rings is 3. The molecule has 4 rings (SSSR count). The summed E-state index contributed by atoms with van der Waals surface area (Å²) in [5.74, 6) is 6.65. The second-order valence-corrected chi connectivity index (χ2v) is 7.13. The average Bonchev–Trinajstić information content (AvgIpc) is 3.04. The molecule has 0 atom stereocenters. The summed E-state index contributed by atoms with van der Waals surface area (Å²) >= 11 is 1.73. The lowest BCUT2D eigenvalue weighted by Crippen LogP contribution is -1.82. The molecule has 124 valence electrons. The molecule has 4 aromatic rings. The van der Waals surface area contributed by atoms with Gasteiger partial charge in [-0.3, -0.25) is 4.99 Å². The normalized spacial score (nSPS) is 10.8. The third-order valence-electron chi connectivity index (χ3n) is 4.09. The number of fused-ring (bicyclic) bond motifs is 1. The second kappa shape index (κ2) is 7.39. The zero-order chi connectivity index (χ0) is 17.8. The zero-order valence-corrected chi connectivity index (χ0v) is 15.3. The number of aryl methyl sites for hydroxylation is 1. The van der Waals surface area contributed by atoms with Gasteiger partial charge in [-0.05, 0) is 37.3 Å². The summed E-state index contributed by atoms with van der Waals surface area (Å²) in [6, 6.07) is 26.7. The highest BCUT2D eigenvalue weighted by molar-refractivity contribution is 7.20. The number of hydrogen-bond donors (Lipinski definition) is 0. The Balaban J connectivity index is 1.77. The van der Waals surface area contributed by atoms with Crippen molar-refractivity contribution in [2.75, 3.05) is 0 Å². The Morgan fingerprint density at radius 3 is 2.35 bits per heavy atom. The van der Waals surface area contributed by atoms with Gasteiger partial charge in [-0.25, -0.2) is 0 Å². The summed E-state index contributed by atoms with van der Waals surface area (Å²) in [4.78, 5) is 5.74. The molecule has 0 spiro atoms. The van der Waals surface area contributed by atoms with Crippen LogP contribution in [0.5, 0.6) is 0 Å². The molecule has 3 aromatic carbocycles. The molecule has 0 fully saturated rings. The molecule has 0 saturated heterocycles. The van der Waals surface area contributed by atoms with Crippen molar-refractivity contribution in [3.05, 3.63) is 100 Å². The Kier molecular flexibility index (Phi) is 4.64.